The van der Waals surface area contributed by atoms with Crippen molar-refractivity contribution in [2.45, 2.75) is 45.4 Å². The molecule has 2 heterocycles. The van der Waals surface area contributed by atoms with Gasteiger partial charge in [-0.15, -0.1) is 0 Å². The minimum absolute atomic E-state index is 0.341. The van der Waals surface area contributed by atoms with Crippen molar-refractivity contribution in [3.63, 3.8) is 0 Å². The number of hydrogen-bond acceptors (Lipinski definition) is 4. The molecule has 6 heteroatoms. The number of benzene rings is 1. The number of hydrogen-bond donors (Lipinski definition) is 1. The molecule has 0 spiro atoms. The number of aliphatic hydroxyl groups is 1. The van der Waals surface area contributed by atoms with Crippen LogP contribution >= 0.6 is 0 Å². The highest BCUT2D eigenvalue weighted by atomic mass is 19.1. The Kier molecular flexibility index (Phi) is 4.84. The quantitative estimate of drug-likeness (QED) is 0.924. The molecule has 2 atom stereocenters. The van der Waals surface area contributed by atoms with Gasteiger partial charge < -0.3 is 9.84 Å². The van der Waals surface area contributed by atoms with E-state index in [0.29, 0.717) is 18.7 Å². The summed E-state index contributed by atoms with van der Waals surface area (Å²) >= 11 is 0. The van der Waals surface area contributed by atoms with Crippen LogP contribution in [0.5, 0.6) is 5.75 Å². The van der Waals surface area contributed by atoms with E-state index in [1.165, 1.54) is 17.7 Å². The Hall–Kier alpha value is -1.92. The van der Waals surface area contributed by atoms with Crippen molar-refractivity contribution >= 4 is 0 Å². The van der Waals surface area contributed by atoms with Gasteiger partial charge in [-0.2, -0.15) is 5.10 Å². The van der Waals surface area contributed by atoms with Crippen molar-refractivity contribution in [3.05, 3.63) is 47.0 Å². The second kappa shape index (κ2) is 6.77. The van der Waals surface area contributed by atoms with E-state index in [9.17, 15) is 9.50 Å². The molecule has 1 saturated heterocycles. The number of aromatic nitrogens is 2. The Labute approximate surface area is 148 Å². The van der Waals surface area contributed by atoms with E-state index in [1.807, 2.05) is 18.7 Å². The van der Waals surface area contributed by atoms with E-state index in [0.717, 1.165) is 24.5 Å². The number of rotatable bonds is 4. The van der Waals surface area contributed by atoms with Crippen LogP contribution in [0.1, 0.15) is 30.3 Å². The van der Waals surface area contributed by atoms with Gasteiger partial charge in [0.2, 0.25) is 0 Å². The Morgan fingerprint density at radius 2 is 2.16 bits per heavy atom. The Morgan fingerprint density at radius 3 is 2.80 bits per heavy atom. The zero-order valence-electron chi connectivity index (χ0n) is 15.3. The highest BCUT2D eigenvalue weighted by molar-refractivity contribution is 5.25. The minimum atomic E-state index is -0.943. The maximum atomic E-state index is 13.4. The van der Waals surface area contributed by atoms with Crippen molar-refractivity contribution < 1.29 is 14.2 Å². The first-order valence-corrected chi connectivity index (χ1v) is 8.62. The van der Waals surface area contributed by atoms with Crippen LogP contribution in [0, 0.1) is 19.7 Å². The fourth-order valence-corrected chi connectivity index (χ4v) is 3.35. The van der Waals surface area contributed by atoms with Gasteiger partial charge in [0.05, 0.1) is 5.69 Å². The first kappa shape index (κ1) is 17.9. The molecule has 0 bridgehead atoms. The van der Waals surface area contributed by atoms with E-state index in [2.05, 4.69) is 16.9 Å². The zero-order chi connectivity index (χ0) is 18.2. The summed E-state index contributed by atoms with van der Waals surface area (Å²) in [7, 11) is 1.95. The average molecular weight is 347 g/mol. The van der Waals surface area contributed by atoms with Gasteiger partial charge in [0, 0.05) is 44.0 Å². The van der Waals surface area contributed by atoms with Crippen LogP contribution in [0.4, 0.5) is 4.39 Å². The predicted octanol–water partition coefficient (Wildman–Crippen LogP) is 2.58. The third-order valence-corrected chi connectivity index (χ3v) is 5.17. The standard InChI is InChI=1S/C19H26FN3O2/c1-13-17(14(2)22(4)21-13)11-23-9-8-19(3,24)18(12-23)25-16-7-5-6-15(20)10-16/h5-7,10,18,24H,8-9,11-12H2,1-4H3/t18-,19-/m1/s1. The molecular weight excluding hydrogens is 321 g/mol. The number of halogens is 1. The smallest absolute Gasteiger partial charge is 0.140 e. The molecule has 0 radical (unpaired) electrons. The maximum Gasteiger partial charge on any atom is 0.140 e. The van der Waals surface area contributed by atoms with Crippen LogP contribution in [-0.4, -0.2) is 44.6 Å². The Balaban J connectivity index is 1.74. The third-order valence-electron chi connectivity index (χ3n) is 5.17. The monoisotopic (exact) mass is 347 g/mol. The molecule has 3 rings (SSSR count). The van der Waals surface area contributed by atoms with Crippen LogP contribution in [0.3, 0.4) is 0 Å². The topological polar surface area (TPSA) is 50.5 Å². The molecule has 0 unspecified atom stereocenters. The van der Waals surface area contributed by atoms with Gasteiger partial charge in [0.1, 0.15) is 23.3 Å². The summed E-state index contributed by atoms with van der Waals surface area (Å²) in [5.41, 5.74) is 2.45. The van der Waals surface area contributed by atoms with Gasteiger partial charge in [0.15, 0.2) is 0 Å². The van der Waals surface area contributed by atoms with Crippen molar-refractivity contribution in [1.82, 2.24) is 14.7 Å². The molecule has 0 saturated carbocycles. The summed E-state index contributed by atoms with van der Waals surface area (Å²) in [6, 6.07) is 6.06. The first-order chi connectivity index (χ1) is 11.8. The van der Waals surface area contributed by atoms with Crippen LogP contribution in [0.25, 0.3) is 0 Å². The predicted molar refractivity (Wildman–Crippen MR) is 94.0 cm³/mol. The van der Waals surface area contributed by atoms with E-state index < -0.39 is 11.7 Å². The maximum absolute atomic E-state index is 13.4. The lowest BCUT2D eigenvalue weighted by atomic mass is 9.90. The van der Waals surface area contributed by atoms with Crippen molar-refractivity contribution in [3.8, 4) is 5.75 Å². The highest BCUT2D eigenvalue weighted by Crippen LogP contribution is 2.28. The Morgan fingerprint density at radius 1 is 1.40 bits per heavy atom. The van der Waals surface area contributed by atoms with E-state index in [1.54, 1.807) is 19.1 Å². The molecule has 0 amide bonds. The largest absolute Gasteiger partial charge is 0.486 e. The second-order valence-corrected chi connectivity index (χ2v) is 7.18. The molecule has 1 fully saturated rings. The number of nitrogens with zero attached hydrogens (tertiary/aromatic N) is 3. The van der Waals surface area contributed by atoms with Gasteiger partial charge in [0.25, 0.3) is 0 Å². The van der Waals surface area contributed by atoms with E-state index in [4.69, 9.17) is 4.74 Å². The van der Waals surface area contributed by atoms with Crippen LogP contribution in [-0.2, 0) is 13.6 Å². The summed E-state index contributed by atoms with van der Waals surface area (Å²) in [4.78, 5) is 2.26. The lowest BCUT2D eigenvalue weighted by molar-refractivity contribution is -0.0965. The Bertz CT molecular complexity index is 757. The molecule has 5 nitrogen and oxygen atoms in total. The number of aryl methyl sites for hydroxylation is 2. The van der Waals surface area contributed by atoms with E-state index in [-0.39, 0.29) is 5.82 Å². The SMILES string of the molecule is Cc1nn(C)c(C)c1CN1CC[C@@](C)(O)[C@H](Oc2cccc(F)c2)C1. The average Bonchev–Trinajstić information content (AvgIpc) is 2.77. The first-order valence-electron chi connectivity index (χ1n) is 8.62. The summed E-state index contributed by atoms with van der Waals surface area (Å²) in [5, 5.41) is 15.2. The third kappa shape index (κ3) is 3.85. The molecule has 1 aliphatic heterocycles. The van der Waals surface area contributed by atoms with Gasteiger partial charge in [-0.1, -0.05) is 6.07 Å². The summed E-state index contributed by atoms with van der Waals surface area (Å²) in [6.07, 6.45) is 0.186. The lowest BCUT2D eigenvalue weighted by Gasteiger charge is -2.42. The van der Waals surface area contributed by atoms with E-state index >= 15 is 0 Å². The number of ether oxygens (including phenoxy) is 1. The van der Waals surface area contributed by atoms with Crippen molar-refractivity contribution in [2.75, 3.05) is 13.1 Å². The molecule has 1 aromatic carbocycles. The summed E-state index contributed by atoms with van der Waals surface area (Å²) in [6.45, 7) is 8.00. The molecule has 1 aliphatic rings. The fraction of sp³-hybridized carbons (Fsp3) is 0.526. The molecular formula is C19H26FN3O2. The highest BCUT2D eigenvalue weighted by Gasteiger charge is 2.39. The van der Waals surface area contributed by atoms with Crippen molar-refractivity contribution in [1.29, 1.82) is 0 Å². The van der Waals surface area contributed by atoms with Gasteiger partial charge in [-0.3, -0.25) is 9.58 Å². The van der Waals surface area contributed by atoms with Gasteiger partial charge >= 0.3 is 0 Å². The van der Waals surface area contributed by atoms with Gasteiger partial charge in [-0.05, 0) is 39.3 Å². The molecule has 25 heavy (non-hydrogen) atoms. The summed E-state index contributed by atoms with van der Waals surface area (Å²) < 4.78 is 21.2. The van der Waals surface area contributed by atoms with Crippen LogP contribution in [0.15, 0.2) is 24.3 Å². The molecule has 136 valence electrons. The van der Waals surface area contributed by atoms with Crippen LogP contribution < -0.4 is 4.74 Å². The van der Waals surface area contributed by atoms with Crippen LogP contribution in [0.2, 0.25) is 0 Å². The zero-order valence-corrected chi connectivity index (χ0v) is 15.3. The molecule has 1 N–H and O–H groups in total. The summed E-state index contributed by atoms with van der Waals surface area (Å²) in [5.74, 6) is 0.104. The molecule has 0 aliphatic carbocycles. The van der Waals surface area contributed by atoms with Crippen molar-refractivity contribution in [2.24, 2.45) is 7.05 Å². The molecule has 2 aromatic rings. The number of likely N-dealkylation sites (tertiary alicyclic amines) is 1. The van der Waals surface area contributed by atoms with Gasteiger partial charge in [-0.25, -0.2) is 4.39 Å². The normalized spacial score (nSPS) is 24.5. The molecule has 1 aromatic heterocycles. The number of piperidine rings is 1. The minimum Gasteiger partial charge on any atom is -0.486 e. The fourth-order valence-electron chi connectivity index (χ4n) is 3.35. The second-order valence-electron chi connectivity index (χ2n) is 7.18. The lowest BCUT2D eigenvalue weighted by Crippen LogP contribution is -2.56.